The van der Waals surface area contributed by atoms with Gasteiger partial charge < -0.3 is 10.3 Å². The first-order chi connectivity index (χ1) is 9.33. The maximum Gasteiger partial charge on any atom is 0.278 e. The highest BCUT2D eigenvalue weighted by Crippen LogP contribution is 2.07. The number of nitrogens with zero attached hydrogens (tertiary/aromatic N) is 2. The number of carbonyl (C=O) groups excluding carboxylic acids is 1. The van der Waals surface area contributed by atoms with E-state index in [1.807, 2.05) is 30.3 Å². The molecule has 2 aromatic rings. The summed E-state index contributed by atoms with van der Waals surface area (Å²) < 4.78 is 0. The molecule has 0 radical (unpaired) electrons. The molecular formula is C13H13N5O. The van der Waals surface area contributed by atoms with Crippen molar-refractivity contribution in [2.45, 2.75) is 13.1 Å². The number of imidazole rings is 1. The first-order valence-corrected chi connectivity index (χ1v) is 5.99. The fourth-order valence-electron chi connectivity index (χ4n) is 1.88. The Bertz CT molecular complexity index is 617. The Kier molecular flexibility index (Phi) is 2.97. The number of aromatic nitrogens is 2. The van der Waals surface area contributed by atoms with Crippen molar-refractivity contribution < 1.29 is 4.79 Å². The van der Waals surface area contributed by atoms with Crippen LogP contribution in [-0.2, 0) is 13.1 Å². The molecule has 0 spiro atoms. The van der Waals surface area contributed by atoms with Crippen molar-refractivity contribution in [2.75, 3.05) is 0 Å². The smallest absolute Gasteiger partial charge is 0.278 e. The van der Waals surface area contributed by atoms with Gasteiger partial charge in [-0.3, -0.25) is 10.1 Å². The maximum absolute atomic E-state index is 11.9. The summed E-state index contributed by atoms with van der Waals surface area (Å²) in [5.74, 6) is 0.230. The Morgan fingerprint density at radius 3 is 2.95 bits per heavy atom. The molecule has 0 bridgehead atoms. The first-order valence-electron chi connectivity index (χ1n) is 5.99. The molecule has 6 nitrogen and oxygen atoms in total. The molecule has 0 atom stereocenters. The highest BCUT2D eigenvalue weighted by atomic mass is 16.2. The van der Waals surface area contributed by atoms with E-state index in [0.717, 1.165) is 11.3 Å². The SMILES string of the molecule is O=C1NC(NCc2ccccc2)=NCc2[nH]cnc21. The van der Waals surface area contributed by atoms with Crippen LogP contribution < -0.4 is 10.6 Å². The minimum absolute atomic E-state index is 0.243. The summed E-state index contributed by atoms with van der Waals surface area (Å²) in [6, 6.07) is 9.93. The third-order valence-corrected chi connectivity index (χ3v) is 2.86. The van der Waals surface area contributed by atoms with Gasteiger partial charge in [0.05, 0.1) is 18.6 Å². The molecule has 1 aromatic heterocycles. The monoisotopic (exact) mass is 255 g/mol. The van der Waals surface area contributed by atoms with Gasteiger partial charge in [0, 0.05) is 6.54 Å². The van der Waals surface area contributed by atoms with Crippen LogP contribution >= 0.6 is 0 Å². The quantitative estimate of drug-likeness (QED) is 0.742. The van der Waals surface area contributed by atoms with Gasteiger partial charge in [-0.05, 0) is 5.56 Å². The summed E-state index contributed by atoms with van der Waals surface area (Å²) in [6.07, 6.45) is 1.50. The predicted molar refractivity (Wildman–Crippen MR) is 70.5 cm³/mol. The van der Waals surface area contributed by atoms with Crippen molar-refractivity contribution >= 4 is 11.9 Å². The molecule has 2 heterocycles. The van der Waals surface area contributed by atoms with E-state index in [2.05, 4.69) is 25.6 Å². The van der Waals surface area contributed by atoms with Gasteiger partial charge in [-0.1, -0.05) is 30.3 Å². The number of hydrogen-bond donors (Lipinski definition) is 3. The third-order valence-electron chi connectivity index (χ3n) is 2.86. The van der Waals surface area contributed by atoms with Crippen LogP contribution in [0.4, 0.5) is 0 Å². The zero-order valence-corrected chi connectivity index (χ0v) is 10.2. The van der Waals surface area contributed by atoms with Crippen LogP contribution in [0.3, 0.4) is 0 Å². The predicted octanol–water partition coefficient (Wildman–Crippen LogP) is 0.799. The summed E-state index contributed by atoms with van der Waals surface area (Å²) in [4.78, 5) is 23.1. The van der Waals surface area contributed by atoms with E-state index >= 15 is 0 Å². The Labute approximate surface area is 110 Å². The highest BCUT2D eigenvalue weighted by molar-refractivity contribution is 6.06. The average Bonchev–Trinajstić information content (AvgIpc) is 2.86. The lowest BCUT2D eigenvalue weighted by Crippen LogP contribution is -2.40. The third kappa shape index (κ3) is 2.47. The molecule has 0 fully saturated rings. The van der Waals surface area contributed by atoms with E-state index in [9.17, 15) is 4.79 Å². The molecule has 0 saturated carbocycles. The topological polar surface area (TPSA) is 82.2 Å². The number of fused-ring (bicyclic) bond motifs is 1. The molecule has 0 unspecified atom stereocenters. The van der Waals surface area contributed by atoms with Crippen LogP contribution in [-0.4, -0.2) is 21.8 Å². The van der Waals surface area contributed by atoms with Gasteiger partial charge in [-0.2, -0.15) is 0 Å². The van der Waals surface area contributed by atoms with E-state index in [1.165, 1.54) is 6.33 Å². The van der Waals surface area contributed by atoms with Crippen LogP contribution in [0.2, 0.25) is 0 Å². The van der Waals surface area contributed by atoms with Crippen LogP contribution in [0, 0.1) is 0 Å². The molecule has 1 aromatic carbocycles. The minimum atomic E-state index is -0.243. The Morgan fingerprint density at radius 2 is 2.11 bits per heavy atom. The molecule has 3 rings (SSSR count). The number of aliphatic imine (C=N–C) groups is 1. The van der Waals surface area contributed by atoms with Gasteiger partial charge in [-0.25, -0.2) is 9.98 Å². The Morgan fingerprint density at radius 1 is 1.26 bits per heavy atom. The standard InChI is InChI=1S/C13H13N5O/c19-12-11-10(16-8-17-11)7-15-13(18-12)14-6-9-4-2-1-3-5-9/h1-5,8H,6-7H2,(H,16,17)(H2,14,15,18,19). The van der Waals surface area contributed by atoms with Crippen molar-refractivity contribution in [3.05, 3.63) is 53.6 Å². The van der Waals surface area contributed by atoms with Crippen molar-refractivity contribution in [3.8, 4) is 0 Å². The summed E-state index contributed by atoms with van der Waals surface area (Å²) in [6.45, 7) is 1.02. The number of amides is 1. The van der Waals surface area contributed by atoms with Crippen LogP contribution in [0.1, 0.15) is 21.7 Å². The highest BCUT2D eigenvalue weighted by Gasteiger charge is 2.19. The van der Waals surface area contributed by atoms with Gasteiger partial charge >= 0.3 is 0 Å². The van der Waals surface area contributed by atoms with E-state index < -0.39 is 0 Å². The number of carbonyl (C=O) groups is 1. The normalized spacial score (nSPS) is 14.1. The van der Waals surface area contributed by atoms with Gasteiger partial charge in [0.2, 0.25) is 0 Å². The Hall–Kier alpha value is -2.63. The molecular weight excluding hydrogens is 242 g/mol. The molecule has 1 aliphatic heterocycles. The van der Waals surface area contributed by atoms with Gasteiger partial charge in [0.1, 0.15) is 0 Å². The van der Waals surface area contributed by atoms with Crippen molar-refractivity contribution in [2.24, 2.45) is 4.99 Å². The van der Waals surface area contributed by atoms with Gasteiger partial charge in [-0.15, -0.1) is 0 Å². The molecule has 1 amide bonds. The summed E-state index contributed by atoms with van der Waals surface area (Å²) in [5, 5.41) is 5.82. The zero-order chi connectivity index (χ0) is 13.1. The van der Waals surface area contributed by atoms with E-state index in [0.29, 0.717) is 24.7 Å². The summed E-state index contributed by atoms with van der Waals surface area (Å²) in [7, 11) is 0. The molecule has 19 heavy (non-hydrogen) atoms. The lowest BCUT2D eigenvalue weighted by atomic mass is 10.2. The number of nitrogens with one attached hydrogen (secondary N) is 3. The Balaban J connectivity index is 1.68. The van der Waals surface area contributed by atoms with Crippen molar-refractivity contribution in [3.63, 3.8) is 0 Å². The summed E-state index contributed by atoms with van der Waals surface area (Å²) in [5.41, 5.74) is 2.26. The molecule has 0 saturated heterocycles. The largest absolute Gasteiger partial charge is 0.352 e. The van der Waals surface area contributed by atoms with Crippen molar-refractivity contribution in [1.82, 2.24) is 20.6 Å². The molecule has 3 N–H and O–H groups in total. The second kappa shape index (κ2) is 4.93. The maximum atomic E-state index is 11.9. The number of benzene rings is 1. The number of hydrogen-bond acceptors (Lipinski definition) is 4. The van der Waals surface area contributed by atoms with E-state index in [-0.39, 0.29) is 5.91 Å². The fourth-order valence-corrected chi connectivity index (χ4v) is 1.88. The van der Waals surface area contributed by atoms with E-state index in [4.69, 9.17) is 0 Å². The molecule has 0 aliphatic carbocycles. The fraction of sp³-hybridized carbons (Fsp3) is 0.154. The van der Waals surface area contributed by atoms with Crippen LogP contribution in [0.25, 0.3) is 0 Å². The van der Waals surface area contributed by atoms with Crippen LogP contribution in [0.15, 0.2) is 41.7 Å². The lowest BCUT2D eigenvalue weighted by Gasteiger charge is -2.08. The number of aromatic amines is 1. The minimum Gasteiger partial charge on any atom is -0.352 e. The average molecular weight is 255 g/mol. The molecule has 96 valence electrons. The van der Waals surface area contributed by atoms with Crippen molar-refractivity contribution in [1.29, 1.82) is 0 Å². The number of H-pyrrole nitrogens is 1. The zero-order valence-electron chi connectivity index (χ0n) is 10.2. The molecule has 1 aliphatic rings. The summed E-state index contributed by atoms with van der Waals surface area (Å²) >= 11 is 0. The second-order valence-corrected chi connectivity index (χ2v) is 4.19. The van der Waals surface area contributed by atoms with E-state index in [1.54, 1.807) is 0 Å². The molecule has 6 heteroatoms. The lowest BCUT2D eigenvalue weighted by molar-refractivity contribution is 0.0971. The van der Waals surface area contributed by atoms with Gasteiger partial charge in [0.25, 0.3) is 5.91 Å². The van der Waals surface area contributed by atoms with Gasteiger partial charge in [0.15, 0.2) is 11.7 Å². The number of guanidine groups is 1. The van der Waals surface area contributed by atoms with Crippen LogP contribution in [0.5, 0.6) is 0 Å². The first kappa shape index (κ1) is 11.5. The number of rotatable bonds is 2. The second-order valence-electron chi connectivity index (χ2n) is 4.19.